The van der Waals surface area contributed by atoms with E-state index in [0.29, 0.717) is 18.4 Å². The molecule has 5 heterocycles. The van der Waals surface area contributed by atoms with Gasteiger partial charge >= 0.3 is 11.9 Å². The molecule has 2 N–H and O–H groups in total. The number of aromatic hydroxyl groups is 1. The zero-order chi connectivity index (χ0) is 24.2. The van der Waals surface area contributed by atoms with Crippen molar-refractivity contribution in [3.63, 3.8) is 0 Å². The van der Waals surface area contributed by atoms with Gasteiger partial charge in [0.2, 0.25) is 5.88 Å². The second-order valence-corrected chi connectivity index (χ2v) is 8.30. The van der Waals surface area contributed by atoms with Gasteiger partial charge in [0, 0.05) is 36.5 Å². The number of rotatable bonds is 3. The van der Waals surface area contributed by atoms with Gasteiger partial charge in [0.25, 0.3) is 5.91 Å². The van der Waals surface area contributed by atoms with Crippen LogP contribution in [0.25, 0.3) is 16.8 Å². The molecule has 0 aromatic carbocycles. The normalized spacial score (nSPS) is 15.4. The summed E-state index contributed by atoms with van der Waals surface area (Å²) in [6.45, 7) is 0.411. The van der Waals surface area contributed by atoms with E-state index in [1.807, 2.05) is 0 Å². The number of fused-ring (bicyclic) bond motifs is 1. The minimum atomic E-state index is -4.74. The number of halogens is 4. The summed E-state index contributed by atoms with van der Waals surface area (Å²) < 4.78 is 48.7. The Labute approximate surface area is 194 Å². The van der Waals surface area contributed by atoms with Crippen molar-refractivity contribution in [2.24, 2.45) is 0 Å². The van der Waals surface area contributed by atoms with Crippen molar-refractivity contribution in [2.75, 3.05) is 13.1 Å². The van der Waals surface area contributed by atoms with Crippen molar-refractivity contribution >= 4 is 23.2 Å². The predicted octanol–water partition coefficient (Wildman–Crippen LogP) is 3.94. The zero-order valence-corrected chi connectivity index (χ0v) is 18.1. The van der Waals surface area contributed by atoms with Crippen molar-refractivity contribution in [1.82, 2.24) is 23.8 Å². The molecule has 0 bridgehead atoms. The van der Waals surface area contributed by atoms with E-state index in [1.54, 1.807) is 0 Å². The molecule has 1 aliphatic heterocycles. The Kier molecular flexibility index (Phi) is 5.19. The number of imidazole rings is 2. The average molecular weight is 496 g/mol. The van der Waals surface area contributed by atoms with Crippen LogP contribution in [-0.2, 0) is 6.18 Å². The Hall–Kier alpha value is -3.67. The number of carbonyl (C=O) groups excluding carboxylic acids is 1. The second kappa shape index (κ2) is 7.97. The maximum Gasteiger partial charge on any atom is 0.420 e. The van der Waals surface area contributed by atoms with Gasteiger partial charge in [0.1, 0.15) is 5.15 Å². The van der Waals surface area contributed by atoms with Gasteiger partial charge in [-0.1, -0.05) is 11.6 Å². The van der Waals surface area contributed by atoms with E-state index < -0.39 is 29.0 Å². The van der Waals surface area contributed by atoms with E-state index >= 15 is 0 Å². The summed E-state index contributed by atoms with van der Waals surface area (Å²) in [4.78, 5) is 32.8. The molecule has 9 nitrogen and oxygen atoms in total. The number of likely N-dealkylation sites (tertiary alicyclic amines) is 1. The second-order valence-electron chi connectivity index (χ2n) is 7.94. The highest BCUT2D eigenvalue weighted by atomic mass is 35.5. The number of furan rings is 1. The van der Waals surface area contributed by atoms with Gasteiger partial charge in [-0.3, -0.25) is 13.8 Å². The molecule has 1 saturated heterocycles. The fourth-order valence-electron chi connectivity index (χ4n) is 4.25. The van der Waals surface area contributed by atoms with Crippen molar-refractivity contribution in [1.29, 1.82) is 0 Å². The van der Waals surface area contributed by atoms with Gasteiger partial charge in [-0.05, 0) is 25.0 Å². The van der Waals surface area contributed by atoms with Crippen molar-refractivity contribution in [2.45, 2.75) is 25.1 Å². The van der Waals surface area contributed by atoms with Crippen LogP contribution in [-0.4, -0.2) is 47.9 Å². The predicted molar refractivity (Wildman–Crippen MR) is 114 cm³/mol. The number of nitrogens with zero attached hydrogens (tertiary/aromatic N) is 4. The summed E-state index contributed by atoms with van der Waals surface area (Å²) in [5, 5.41) is 9.62. The third-order valence-corrected chi connectivity index (χ3v) is 6.29. The van der Waals surface area contributed by atoms with Gasteiger partial charge in [-0.15, -0.1) is 0 Å². The molecule has 13 heteroatoms. The molecule has 4 aromatic rings. The lowest BCUT2D eigenvalue weighted by Gasteiger charge is -2.32. The SMILES string of the molecule is O=C(c1nc2c(C(F)(F)F)cc(-c3ccoc3)cn2c1Cl)N1CCC(n2c(O)c[nH]c2=O)CC1. The number of aromatic amines is 1. The molecular formula is C21H17ClF3N5O4. The summed E-state index contributed by atoms with van der Waals surface area (Å²) in [6.07, 6.45) is 1.18. The smallest absolute Gasteiger partial charge is 0.420 e. The molecule has 34 heavy (non-hydrogen) atoms. The van der Waals surface area contributed by atoms with Crippen LogP contribution in [0.5, 0.6) is 5.88 Å². The minimum absolute atomic E-state index is 0.199. The number of carbonyl (C=O) groups is 1. The zero-order valence-electron chi connectivity index (χ0n) is 17.3. The maximum atomic E-state index is 13.8. The first kappa shape index (κ1) is 22.1. The number of hydrogen-bond acceptors (Lipinski definition) is 5. The molecule has 178 valence electrons. The number of pyridine rings is 1. The monoisotopic (exact) mass is 495 g/mol. The maximum absolute atomic E-state index is 13.8. The fourth-order valence-corrected chi connectivity index (χ4v) is 4.50. The van der Waals surface area contributed by atoms with Crippen molar-refractivity contribution < 1.29 is 27.5 Å². The Morgan fingerprint density at radius 3 is 2.59 bits per heavy atom. The summed E-state index contributed by atoms with van der Waals surface area (Å²) in [7, 11) is 0. The van der Waals surface area contributed by atoms with E-state index in [9.17, 15) is 27.9 Å². The molecule has 1 amide bonds. The number of nitrogens with one attached hydrogen (secondary N) is 1. The molecule has 0 radical (unpaired) electrons. The van der Waals surface area contributed by atoms with Crippen molar-refractivity contribution in [3.8, 4) is 17.0 Å². The van der Waals surface area contributed by atoms with Crippen LogP contribution in [0.4, 0.5) is 13.2 Å². The number of H-pyrrole nitrogens is 1. The molecular weight excluding hydrogens is 479 g/mol. The minimum Gasteiger partial charge on any atom is -0.493 e. The number of amides is 1. The lowest BCUT2D eigenvalue weighted by molar-refractivity contribution is -0.136. The first-order valence-electron chi connectivity index (χ1n) is 10.2. The van der Waals surface area contributed by atoms with E-state index in [4.69, 9.17) is 16.0 Å². The Bertz CT molecular complexity index is 1430. The largest absolute Gasteiger partial charge is 0.493 e. The van der Waals surface area contributed by atoms with Crippen LogP contribution < -0.4 is 5.69 Å². The highest BCUT2D eigenvalue weighted by Gasteiger charge is 2.37. The van der Waals surface area contributed by atoms with Crippen LogP contribution in [0.1, 0.15) is 34.9 Å². The highest BCUT2D eigenvalue weighted by molar-refractivity contribution is 6.33. The Morgan fingerprint density at radius 1 is 1.26 bits per heavy atom. The number of aromatic nitrogens is 4. The molecule has 1 aliphatic rings. The van der Waals surface area contributed by atoms with E-state index in [2.05, 4.69) is 9.97 Å². The average Bonchev–Trinajstić information content (AvgIpc) is 3.52. The summed E-state index contributed by atoms with van der Waals surface area (Å²) >= 11 is 6.36. The lowest BCUT2D eigenvalue weighted by atomic mass is 10.0. The topological polar surface area (TPSA) is 109 Å². The van der Waals surface area contributed by atoms with Gasteiger partial charge in [-0.2, -0.15) is 13.2 Å². The molecule has 4 aromatic heterocycles. The number of piperidine rings is 1. The standard InChI is InChI=1S/C21H17ClF3N5O4/c22-17-16(19(32)28-4-1-13(2-5-28)30-15(31)8-26-20(30)33)27-18-14(21(23,24)25)7-12(9-29(17)18)11-3-6-34-10-11/h3,6-10,13,31H,1-2,4-5H2,(H,26,33). The summed E-state index contributed by atoms with van der Waals surface area (Å²) in [5.74, 6) is -0.818. The third kappa shape index (κ3) is 3.63. The van der Waals surface area contributed by atoms with Crippen LogP contribution in [0.2, 0.25) is 5.15 Å². The van der Waals surface area contributed by atoms with Gasteiger partial charge < -0.3 is 19.4 Å². The molecule has 0 aliphatic carbocycles. The quantitative estimate of drug-likeness (QED) is 0.447. The lowest BCUT2D eigenvalue weighted by Crippen LogP contribution is -2.40. The third-order valence-electron chi connectivity index (χ3n) is 5.93. The Morgan fingerprint density at radius 2 is 2.00 bits per heavy atom. The summed E-state index contributed by atoms with van der Waals surface area (Å²) in [5.41, 5.74) is -1.66. The molecule has 5 rings (SSSR count). The van der Waals surface area contributed by atoms with Crippen LogP contribution in [0.3, 0.4) is 0 Å². The molecule has 0 atom stereocenters. The van der Waals surface area contributed by atoms with E-state index in [0.717, 1.165) is 10.5 Å². The van der Waals surface area contributed by atoms with Gasteiger partial charge in [0.05, 0.1) is 24.3 Å². The van der Waals surface area contributed by atoms with Crippen LogP contribution in [0, 0.1) is 0 Å². The first-order chi connectivity index (χ1) is 16.1. The van der Waals surface area contributed by atoms with Crippen LogP contribution >= 0.6 is 11.6 Å². The molecule has 0 spiro atoms. The van der Waals surface area contributed by atoms with Gasteiger partial charge in [-0.25, -0.2) is 9.78 Å². The molecule has 0 saturated carbocycles. The fraction of sp³-hybridized carbons (Fsp3) is 0.286. The molecule has 1 fully saturated rings. The Balaban J connectivity index is 1.48. The molecule has 0 unspecified atom stereocenters. The highest BCUT2D eigenvalue weighted by Crippen LogP contribution is 2.37. The van der Waals surface area contributed by atoms with E-state index in [1.165, 1.54) is 40.5 Å². The van der Waals surface area contributed by atoms with Gasteiger partial charge in [0.15, 0.2) is 11.3 Å². The number of alkyl halides is 3. The summed E-state index contributed by atoms with van der Waals surface area (Å²) in [6, 6.07) is 2.12. The number of hydrogen-bond donors (Lipinski definition) is 2. The first-order valence-corrected chi connectivity index (χ1v) is 10.6. The van der Waals surface area contributed by atoms with E-state index in [-0.39, 0.29) is 41.4 Å². The van der Waals surface area contributed by atoms with Crippen LogP contribution in [0.15, 0.2) is 46.3 Å². The van der Waals surface area contributed by atoms with Crippen molar-refractivity contribution in [3.05, 3.63) is 63.9 Å².